The lowest BCUT2D eigenvalue weighted by Crippen LogP contribution is -2.60. The quantitative estimate of drug-likeness (QED) is 0.746. The van der Waals surface area contributed by atoms with Gasteiger partial charge < -0.3 is 14.6 Å². The number of methoxy groups -OCH3 is 2. The Balaban J connectivity index is 1.63. The first kappa shape index (κ1) is 20.2. The van der Waals surface area contributed by atoms with Crippen LogP contribution in [0.15, 0.2) is 0 Å². The van der Waals surface area contributed by atoms with Gasteiger partial charge in [-0.05, 0) is 93.3 Å². The van der Waals surface area contributed by atoms with Gasteiger partial charge in [-0.25, -0.2) is 0 Å². The SMILES string of the molecule is CO[C@H]1CC[C@@]2(C)[C@@H](CC[C@@H]3[C@@H]2CC[C@@]2(C)[C@H]3C[C@H](C)[C@]2(O)[C@H](C)OC)C1. The summed E-state index contributed by atoms with van der Waals surface area (Å²) in [6.45, 7) is 9.35. The van der Waals surface area contributed by atoms with Crippen molar-refractivity contribution < 1.29 is 14.6 Å². The molecule has 4 fully saturated rings. The van der Waals surface area contributed by atoms with Crippen molar-refractivity contribution in [2.45, 2.75) is 96.9 Å². The van der Waals surface area contributed by atoms with Gasteiger partial charge >= 0.3 is 0 Å². The van der Waals surface area contributed by atoms with Gasteiger partial charge in [-0.15, -0.1) is 0 Å². The van der Waals surface area contributed by atoms with Gasteiger partial charge in [0.1, 0.15) is 0 Å². The van der Waals surface area contributed by atoms with Gasteiger partial charge in [-0.3, -0.25) is 0 Å². The second-order valence-corrected chi connectivity index (χ2v) is 11.1. The third-order valence-corrected chi connectivity index (χ3v) is 10.6. The van der Waals surface area contributed by atoms with Crippen LogP contribution in [0.5, 0.6) is 0 Å². The minimum Gasteiger partial charge on any atom is -0.386 e. The van der Waals surface area contributed by atoms with E-state index in [2.05, 4.69) is 27.7 Å². The fourth-order valence-electron chi connectivity index (χ4n) is 8.85. The Labute approximate surface area is 166 Å². The zero-order chi connectivity index (χ0) is 19.6. The molecule has 4 aliphatic carbocycles. The molecule has 3 heteroatoms. The molecule has 27 heavy (non-hydrogen) atoms. The largest absolute Gasteiger partial charge is 0.386 e. The van der Waals surface area contributed by atoms with Gasteiger partial charge in [0, 0.05) is 19.6 Å². The molecule has 0 unspecified atom stereocenters. The minimum absolute atomic E-state index is 0.00403. The molecule has 1 N–H and O–H groups in total. The van der Waals surface area contributed by atoms with Crippen molar-refractivity contribution in [1.29, 1.82) is 0 Å². The maximum atomic E-state index is 11.9. The average molecular weight is 379 g/mol. The lowest BCUT2D eigenvalue weighted by atomic mass is 9.44. The highest BCUT2D eigenvalue weighted by Gasteiger charge is 2.68. The van der Waals surface area contributed by atoms with E-state index in [0.29, 0.717) is 23.4 Å². The molecule has 0 radical (unpaired) electrons. The Bertz CT molecular complexity index is 564. The van der Waals surface area contributed by atoms with E-state index >= 15 is 0 Å². The second kappa shape index (κ2) is 6.71. The molecule has 0 saturated heterocycles. The molecule has 0 aromatic heterocycles. The Morgan fingerprint density at radius 2 is 1.70 bits per heavy atom. The molecule has 4 saturated carbocycles. The molecule has 4 rings (SSSR count). The summed E-state index contributed by atoms with van der Waals surface area (Å²) < 4.78 is 11.5. The fourth-order valence-corrected chi connectivity index (χ4v) is 8.85. The summed E-state index contributed by atoms with van der Waals surface area (Å²) in [5.41, 5.74) is -0.213. The van der Waals surface area contributed by atoms with Crippen molar-refractivity contribution >= 4 is 0 Å². The molecule has 0 aliphatic heterocycles. The van der Waals surface area contributed by atoms with E-state index in [9.17, 15) is 5.11 Å². The van der Waals surface area contributed by atoms with Gasteiger partial charge in [-0.1, -0.05) is 20.8 Å². The molecule has 156 valence electrons. The van der Waals surface area contributed by atoms with E-state index in [-0.39, 0.29) is 11.5 Å². The molecule has 0 aromatic rings. The number of ether oxygens (including phenoxy) is 2. The van der Waals surface area contributed by atoms with Crippen LogP contribution in [0, 0.1) is 40.4 Å². The van der Waals surface area contributed by atoms with Crippen LogP contribution in [0.2, 0.25) is 0 Å². The summed E-state index contributed by atoms with van der Waals surface area (Å²) >= 11 is 0. The summed E-state index contributed by atoms with van der Waals surface area (Å²) in [5.74, 6) is 3.41. The van der Waals surface area contributed by atoms with Crippen molar-refractivity contribution in [2.75, 3.05) is 14.2 Å². The van der Waals surface area contributed by atoms with E-state index in [1.54, 1.807) is 7.11 Å². The zero-order valence-electron chi connectivity index (χ0n) is 18.5. The molecular formula is C24H42O3. The summed E-state index contributed by atoms with van der Waals surface area (Å²) in [5, 5.41) is 11.9. The standard InChI is InChI=1S/C24H42O3/c1-15-13-21-19-8-7-17-14-18(27-6)9-11-22(17,3)20(19)10-12-23(21,4)24(15,25)16(2)26-5/h15-21,25H,7-14H2,1-6H3/t15-,16-,17-,18-,19+,20-,21-,22-,23-,24-/m0/s1. The van der Waals surface area contributed by atoms with Crippen LogP contribution in [0.25, 0.3) is 0 Å². The van der Waals surface area contributed by atoms with Crippen LogP contribution in [-0.4, -0.2) is 37.1 Å². The smallest absolute Gasteiger partial charge is 0.0986 e. The van der Waals surface area contributed by atoms with E-state index in [1.807, 2.05) is 7.11 Å². The Morgan fingerprint density at radius 1 is 0.963 bits per heavy atom. The first-order chi connectivity index (χ1) is 12.7. The highest BCUT2D eigenvalue weighted by Crippen LogP contribution is 2.69. The minimum atomic E-state index is -0.692. The van der Waals surface area contributed by atoms with Gasteiger partial charge in [-0.2, -0.15) is 0 Å². The number of aliphatic hydroxyl groups is 1. The molecule has 3 nitrogen and oxygen atoms in total. The first-order valence-corrected chi connectivity index (χ1v) is 11.5. The van der Waals surface area contributed by atoms with E-state index in [1.165, 1.54) is 44.9 Å². The zero-order valence-corrected chi connectivity index (χ0v) is 18.5. The summed E-state index contributed by atoms with van der Waals surface area (Å²) in [6.07, 6.45) is 10.5. The average Bonchev–Trinajstić information content (AvgIpc) is 2.88. The summed E-state index contributed by atoms with van der Waals surface area (Å²) in [4.78, 5) is 0. The monoisotopic (exact) mass is 378 g/mol. The Hall–Kier alpha value is -0.120. The van der Waals surface area contributed by atoms with Crippen molar-refractivity contribution in [3.05, 3.63) is 0 Å². The van der Waals surface area contributed by atoms with Gasteiger partial charge in [0.05, 0.1) is 17.8 Å². The molecule has 0 heterocycles. The highest BCUT2D eigenvalue weighted by molar-refractivity contribution is 5.17. The van der Waals surface area contributed by atoms with E-state index in [4.69, 9.17) is 9.47 Å². The number of rotatable bonds is 3. The van der Waals surface area contributed by atoms with Gasteiger partial charge in [0.25, 0.3) is 0 Å². The van der Waals surface area contributed by atoms with E-state index < -0.39 is 5.60 Å². The normalized spacial score (nSPS) is 56.1. The first-order valence-electron chi connectivity index (χ1n) is 11.5. The highest BCUT2D eigenvalue weighted by atomic mass is 16.5. The topological polar surface area (TPSA) is 38.7 Å². The van der Waals surface area contributed by atoms with Crippen molar-refractivity contribution in [3.63, 3.8) is 0 Å². The van der Waals surface area contributed by atoms with Gasteiger partial charge in [0.2, 0.25) is 0 Å². The van der Waals surface area contributed by atoms with E-state index in [0.717, 1.165) is 24.2 Å². The predicted molar refractivity (Wildman–Crippen MR) is 108 cm³/mol. The lowest BCUT2D eigenvalue weighted by molar-refractivity contribution is -0.202. The fraction of sp³-hybridized carbons (Fsp3) is 1.00. The van der Waals surface area contributed by atoms with Crippen LogP contribution in [-0.2, 0) is 9.47 Å². The number of fused-ring (bicyclic) bond motifs is 5. The Kier molecular flexibility index (Phi) is 5.01. The molecule has 0 spiro atoms. The Morgan fingerprint density at radius 3 is 2.37 bits per heavy atom. The van der Waals surface area contributed by atoms with Crippen molar-refractivity contribution in [3.8, 4) is 0 Å². The third kappa shape index (κ3) is 2.56. The third-order valence-electron chi connectivity index (χ3n) is 10.6. The van der Waals surface area contributed by atoms with Gasteiger partial charge in [0.15, 0.2) is 0 Å². The molecule has 0 amide bonds. The van der Waals surface area contributed by atoms with Crippen LogP contribution < -0.4 is 0 Å². The van der Waals surface area contributed by atoms with Crippen LogP contribution in [0.1, 0.15) is 79.1 Å². The molecule has 0 aromatic carbocycles. The maximum Gasteiger partial charge on any atom is 0.0986 e. The van der Waals surface area contributed by atoms with Crippen LogP contribution in [0.4, 0.5) is 0 Å². The molecule has 4 aliphatic rings. The summed E-state index contributed by atoms with van der Waals surface area (Å²) in [7, 11) is 3.65. The molecule has 0 bridgehead atoms. The van der Waals surface area contributed by atoms with Crippen LogP contribution in [0.3, 0.4) is 0 Å². The number of hydrogen-bond donors (Lipinski definition) is 1. The van der Waals surface area contributed by atoms with Crippen molar-refractivity contribution in [2.24, 2.45) is 40.4 Å². The lowest BCUT2D eigenvalue weighted by Gasteiger charge is -2.62. The van der Waals surface area contributed by atoms with Crippen LogP contribution >= 0.6 is 0 Å². The number of hydrogen-bond acceptors (Lipinski definition) is 3. The predicted octanol–water partition coefficient (Wildman–Crippen LogP) is 5.06. The second-order valence-electron chi connectivity index (χ2n) is 11.1. The van der Waals surface area contributed by atoms with Crippen molar-refractivity contribution in [1.82, 2.24) is 0 Å². The summed E-state index contributed by atoms with van der Waals surface area (Å²) in [6, 6.07) is 0. The molecule has 10 atom stereocenters. The molecular weight excluding hydrogens is 336 g/mol. The maximum absolute atomic E-state index is 11.9.